The number of hydrogen-bond acceptors (Lipinski definition) is 6. The molecule has 4 aromatic rings. The fourth-order valence-electron chi connectivity index (χ4n) is 3.58. The quantitative estimate of drug-likeness (QED) is 0.456. The highest BCUT2D eigenvalue weighted by Crippen LogP contribution is 2.18. The maximum atomic E-state index is 14.0. The van der Waals surface area contributed by atoms with Gasteiger partial charge < -0.3 is 10.1 Å². The number of anilines is 1. The summed E-state index contributed by atoms with van der Waals surface area (Å²) in [7, 11) is 1.16. The van der Waals surface area contributed by atoms with E-state index in [1.54, 1.807) is 37.3 Å². The van der Waals surface area contributed by atoms with Gasteiger partial charge >= 0.3 is 11.7 Å². The number of para-hydroxylation sites is 2. The van der Waals surface area contributed by atoms with Gasteiger partial charge in [0.25, 0.3) is 5.56 Å². The molecule has 0 bridgehead atoms. The summed E-state index contributed by atoms with van der Waals surface area (Å²) >= 11 is 0. The first kappa shape index (κ1) is 22.6. The van der Waals surface area contributed by atoms with Gasteiger partial charge in [0, 0.05) is 5.69 Å². The molecule has 0 spiro atoms. The molecular weight excluding hydrogens is 443 g/mol. The Kier molecular flexibility index (Phi) is 6.05. The maximum Gasteiger partial charge on any atom is 0.338 e. The highest BCUT2D eigenvalue weighted by Gasteiger charge is 2.23. The molecular formula is C24H19FN4O5. The van der Waals surface area contributed by atoms with E-state index in [4.69, 9.17) is 4.74 Å². The number of halogens is 1. The monoisotopic (exact) mass is 462 g/mol. The van der Waals surface area contributed by atoms with Crippen LogP contribution < -0.4 is 16.6 Å². The van der Waals surface area contributed by atoms with Crippen molar-refractivity contribution in [1.82, 2.24) is 14.1 Å². The average Bonchev–Trinajstić information content (AvgIpc) is 2.83. The van der Waals surface area contributed by atoms with Gasteiger partial charge in [-0.1, -0.05) is 30.3 Å². The minimum atomic E-state index is -0.899. The Labute approximate surface area is 192 Å². The van der Waals surface area contributed by atoms with Crippen LogP contribution in [-0.2, 0) is 16.1 Å². The Morgan fingerprint density at radius 1 is 1.06 bits per heavy atom. The van der Waals surface area contributed by atoms with Gasteiger partial charge in [0.15, 0.2) is 5.65 Å². The van der Waals surface area contributed by atoms with E-state index in [0.717, 1.165) is 17.7 Å². The van der Waals surface area contributed by atoms with Crippen molar-refractivity contribution in [2.24, 2.45) is 0 Å². The molecule has 1 N–H and O–H groups in total. The average molecular weight is 462 g/mol. The number of aromatic nitrogens is 3. The number of nitrogens with zero attached hydrogens (tertiary/aromatic N) is 3. The van der Waals surface area contributed by atoms with Crippen LogP contribution in [0.5, 0.6) is 0 Å². The van der Waals surface area contributed by atoms with Gasteiger partial charge in [0.1, 0.15) is 12.4 Å². The predicted octanol–water partition coefficient (Wildman–Crippen LogP) is 2.42. The lowest BCUT2D eigenvalue weighted by atomic mass is 10.1. The molecule has 2 heterocycles. The van der Waals surface area contributed by atoms with Crippen LogP contribution in [0, 0.1) is 12.7 Å². The molecule has 0 atom stereocenters. The second-order valence-corrected chi connectivity index (χ2v) is 7.37. The molecule has 4 rings (SSSR count). The number of esters is 1. The minimum absolute atomic E-state index is 0.0487. The summed E-state index contributed by atoms with van der Waals surface area (Å²) in [4.78, 5) is 56.3. The van der Waals surface area contributed by atoms with E-state index < -0.39 is 35.5 Å². The van der Waals surface area contributed by atoms with E-state index in [0.29, 0.717) is 15.9 Å². The number of carbonyl (C=O) groups is 2. The van der Waals surface area contributed by atoms with Gasteiger partial charge in [0.2, 0.25) is 5.91 Å². The number of nitrogens with one attached hydrogen (secondary N) is 1. The molecule has 0 fully saturated rings. The van der Waals surface area contributed by atoms with Crippen molar-refractivity contribution in [3.63, 3.8) is 0 Å². The molecule has 0 saturated heterocycles. The highest BCUT2D eigenvalue weighted by molar-refractivity contribution is 6.02. The lowest BCUT2D eigenvalue weighted by molar-refractivity contribution is -0.116. The molecule has 0 unspecified atom stereocenters. The molecule has 2 aromatic carbocycles. The minimum Gasteiger partial charge on any atom is -0.465 e. The number of ether oxygens (including phenoxy) is 1. The first-order valence-corrected chi connectivity index (χ1v) is 10.2. The summed E-state index contributed by atoms with van der Waals surface area (Å²) in [6.07, 6.45) is 0. The Balaban J connectivity index is 1.97. The number of carbonyl (C=O) groups excluding carboxylic acids is 2. The molecule has 34 heavy (non-hydrogen) atoms. The van der Waals surface area contributed by atoms with E-state index in [1.165, 1.54) is 24.3 Å². The molecule has 0 saturated carbocycles. The van der Waals surface area contributed by atoms with Gasteiger partial charge in [-0.2, -0.15) is 0 Å². The van der Waals surface area contributed by atoms with Crippen molar-refractivity contribution < 1.29 is 18.7 Å². The fourth-order valence-corrected chi connectivity index (χ4v) is 3.58. The summed E-state index contributed by atoms with van der Waals surface area (Å²) < 4.78 is 20.6. The van der Waals surface area contributed by atoms with Crippen LogP contribution in [0.1, 0.15) is 16.1 Å². The van der Waals surface area contributed by atoms with Crippen molar-refractivity contribution in [3.8, 4) is 5.69 Å². The van der Waals surface area contributed by atoms with Gasteiger partial charge in [-0.05, 0) is 37.3 Å². The molecule has 0 aliphatic carbocycles. The van der Waals surface area contributed by atoms with Gasteiger partial charge in [-0.25, -0.2) is 28.1 Å². The molecule has 0 aliphatic rings. The zero-order valence-corrected chi connectivity index (χ0v) is 18.2. The van der Waals surface area contributed by atoms with Gasteiger partial charge in [0.05, 0.1) is 29.4 Å². The Hall–Kier alpha value is -4.60. The third kappa shape index (κ3) is 4.08. The van der Waals surface area contributed by atoms with E-state index in [9.17, 15) is 23.6 Å². The zero-order chi connectivity index (χ0) is 24.4. The number of hydrogen-bond donors (Lipinski definition) is 1. The van der Waals surface area contributed by atoms with Crippen LogP contribution in [0.25, 0.3) is 16.7 Å². The SMILES string of the molecule is COC(=O)c1cc(C)nc2c1c(=O)n(CC(=O)Nc1ccccc1F)c(=O)n2-c1ccccc1. The summed E-state index contributed by atoms with van der Waals surface area (Å²) in [6.45, 7) is 0.891. The summed E-state index contributed by atoms with van der Waals surface area (Å²) in [5.41, 5.74) is -1.24. The highest BCUT2D eigenvalue weighted by atomic mass is 19.1. The number of rotatable bonds is 5. The van der Waals surface area contributed by atoms with Crippen molar-refractivity contribution in [3.05, 3.63) is 98.6 Å². The van der Waals surface area contributed by atoms with Crippen LogP contribution in [-0.4, -0.2) is 33.1 Å². The smallest absolute Gasteiger partial charge is 0.338 e. The first-order valence-electron chi connectivity index (χ1n) is 10.2. The number of fused-ring (bicyclic) bond motifs is 1. The van der Waals surface area contributed by atoms with E-state index in [-0.39, 0.29) is 22.3 Å². The standard InChI is InChI=1S/C24H19FN4O5/c1-14-12-16(23(32)34-2)20-21(26-14)29(15-8-4-3-5-9-15)24(33)28(22(20)31)13-19(30)27-18-11-7-6-10-17(18)25/h3-12H,13H2,1-2H3,(H,27,30). The second kappa shape index (κ2) is 9.10. The number of pyridine rings is 1. The van der Waals surface area contributed by atoms with E-state index >= 15 is 0 Å². The topological polar surface area (TPSA) is 112 Å². The third-order valence-corrected chi connectivity index (χ3v) is 5.09. The van der Waals surface area contributed by atoms with Gasteiger partial charge in [-0.3, -0.25) is 9.59 Å². The largest absolute Gasteiger partial charge is 0.465 e. The van der Waals surface area contributed by atoms with Crippen molar-refractivity contribution >= 4 is 28.6 Å². The number of methoxy groups -OCH3 is 1. The Morgan fingerprint density at radius 2 is 1.74 bits per heavy atom. The van der Waals surface area contributed by atoms with Gasteiger partial charge in [-0.15, -0.1) is 0 Å². The first-order chi connectivity index (χ1) is 16.3. The van der Waals surface area contributed by atoms with Crippen molar-refractivity contribution in [1.29, 1.82) is 0 Å². The van der Waals surface area contributed by atoms with Crippen molar-refractivity contribution in [2.75, 3.05) is 12.4 Å². The van der Waals surface area contributed by atoms with E-state index in [2.05, 4.69) is 10.3 Å². The number of aryl methyl sites for hydroxylation is 1. The fraction of sp³-hybridized carbons (Fsp3) is 0.125. The van der Waals surface area contributed by atoms with E-state index in [1.807, 2.05) is 0 Å². The lowest BCUT2D eigenvalue weighted by Gasteiger charge is -2.15. The molecule has 2 aromatic heterocycles. The zero-order valence-electron chi connectivity index (χ0n) is 18.2. The Bertz CT molecular complexity index is 1540. The van der Waals surface area contributed by atoms with Crippen LogP contribution in [0.3, 0.4) is 0 Å². The lowest BCUT2D eigenvalue weighted by Crippen LogP contribution is -2.43. The van der Waals surface area contributed by atoms with Crippen LogP contribution in [0.2, 0.25) is 0 Å². The Morgan fingerprint density at radius 3 is 2.41 bits per heavy atom. The summed E-state index contributed by atoms with van der Waals surface area (Å²) in [5.74, 6) is -2.27. The molecule has 9 nitrogen and oxygen atoms in total. The molecule has 172 valence electrons. The number of benzene rings is 2. The molecule has 0 aliphatic heterocycles. The molecule has 0 radical (unpaired) electrons. The van der Waals surface area contributed by atoms with Crippen LogP contribution in [0.15, 0.2) is 70.3 Å². The predicted molar refractivity (Wildman–Crippen MR) is 123 cm³/mol. The third-order valence-electron chi connectivity index (χ3n) is 5.09. The van der Waals surface area contributed by atoms with Crippen LogP contribution in [0.4, 0.5) is 10.1 Å². The molecule has 10 heteroatoms. The maximum absolute atomic E-state index is 14.0. The molecule has 1 amide bonds. The summed E-state index contributed by atoms with van der Waals surface area (Å²) in [5, 5.41) is 2.17. The van der Waals surface area contributed by atoms with Crippen LogP contribution >= 0.6 is 0 Å². The number of amides is 1. The summed E-state index contributed by atoms with van der Waals surface area (Å²) in [6, 6.07) is 15.2. The second-order valence-electron chi connectivity index (χ2n) is 7.37. The van der Waals surface area contributed by atoms with Crippen molar-refractivity contribution in [2.45, 2.75) is 13.5 Å². The normalized spacial score (nSPS) is 10.8.